The third-order valence-corrected chi connectivity index (χ3v) is 7.74. The third kappa shape index (κ3) is 4.71. The van der Waals surface area contributed by atoms with Crippen molar-refractivity contribution in [1.82, 2.24) is 24.1 Å². The number of imidazole rings is 1. The number of anilines is 1. The molecule has 0 atom stereocenters. The lowest BCUT2D eigenvalue weighted by Crippen LogP contribution is -2.36. The number of rotatable bonds is 7. The van der Waals surface area contributed by atoms with Crippen LogP contribution >= 0.6 is 0 Å². The molecule has 0 bridgehead atoms. The number of carbonyl (C=O) groups is 1. The summed E-state index contributed by atoms with van der Waals surface area (Å²) in [7, 11) is -6.48. The Bertz CT molecular complexity index is 1600. The van der Waals surface area contributed by atoms with Crippen LogP contribution in [0.2, 0.25) is 0 Å². The van der Waals surface area contributed by atoms with Gasteiger partial charge in [-0.1, -0.05) is 24.3 Å². The van der Waals surface area contributed by atoms with Crippen LogP contribution in [0.25, 0.3) is 5.65 Å². The summed E-state index contributed by atoms with van der Waals surface area (Å²) in [5, 5.41) is 0.676. The number of nitrogens with zero attached hydrogens (tertiary/aromatic N) is 4. The minimum absolute atomic E-state index is 0.0451. The van der Waals surface area contributed by atoms with Gasteiger partial charge in [0.15, 0.2) is 10.1 Å². The van der Waals surface area contributed by atoms with Gasteiger partial charge in [0.2, 0.25) is 27.5 Å². The molecule has 0 saturated heterocycles. The van der Waals surface area contributed by atoms with Gasteiger partial charge in [-0.3, -0.25) is 9.72 Å². The Kier molecular flexibility index (Phi) is 6.27. The summed E-state index contributed by atoms with van der Waals surface area (Å²) in [6, 6.07) is 11.8. The lowest BCUT2D eigenvalue weighted by Gasteiger charge is -2.11. The van der Waals surface area contributed by atoms with Crippen LogP contribution < -0.4 is 19.5 Å². The summed E-state index contributed by atoms with van der Waals surface area (Å²) in [4.78, 5) is 24.2. The fraction of sp³-hybridized carbons (Fsp3) is 0.100. The van der Waals surface area contributed by atoms with Crippen molar-refractivity contribution in [1.29, 1.82) is 0 Å². The monoisotopic (exact) mass is 518 g/mol. The maximum absolute atomic E-state index is 13.3. The second-order valence-electron chi connectivity index (χ2n) is 6.80. The molecule has 0 fully saturated rings. The number of sulfone groups is 1. The van der Waals surface area contributed by atoms with Gasteiger partial charge in [-0.05, 0) is 24.3 Å². The molecule has 0 saturated carbocycles. The molecule has 15 heteroatoms. The van der Waals surface area contributed by atoms with Gasteiger partial charge in [0.25, 0.3) is 10.0 Å². The Morgan fingerprint density at radius 1 is 0.886 bits per heavy atom. The molecular weight excluding hydrogens is 500 g/mol. The molecule has 0 radical (unpaired) electrons. The highest BCUT2D eigenvalue weighted by Gasteiger charge is 2.35. The van der Waals surface area contributed by atoms with Crippen LogP contribution in [-0.2, 0) is 19.9 Å². The van der Waals surface area contributed by atoms with E-state index >= 15 is 0 Å². The van der Waals surface area contributed by atoms with Crippen LogP contribution in [0.15, 0.2) is 75.7 Å². The van der Waals surface area contributed by atoms with Crippen molar-refractivity contribution in [3.63, 3.8) is 0 Å². The number of benzene rings is 1. The van der Waals surface area contributed by atoms with Gasteiger partial charge in [-0.25, -0.2) is 22.9 Å². The summed E-state index contributed by atoms with van der Waals surface area (Å²) < 4.78 is 65.9. The maximum Gasteiger partial charge on any atom is 0.335 e. The molecule has 4 rings (SSSR count). The van der Waals surface area contributed by atoms with Crippen molar-refractivity contribution in [2.75, 3.05) is 19.5 Å². The van der Waals surface area contributed by atoms with Crippen molar-refractivity contribution >= 4 is 37.5 Å². The van der Waals surface area contributed by atoms with Gasteiger partial charge in [-0.15, -0.1) is 0 Å². The topological polar surface area (TPSA) is 171 Å². The Labute approximate surface area is 199 Å². The molecule has 0 aliphatic carbocycles. The number of aromatic nitrogens is 4. The lowest BCUT2D eigenvalue weighted by molar-refractivity contribution is 0.256. The number of carbonyl (C=O) groups excluding carboxylic acids is 1. The zero-order chi connectivity index (χ0) is 25.2. The average Bonchev–Trinajstić information content (AvgIpc) is 3.25. The first-order valence-corrected chi connectivity index (χ1v) is 12.7. The van der Waals surface area contributed by atoms with Crippen LogP contribution in [0, 0.1) is 0 Å². The largest absolute Gasteiger partial charge is 0.481 e. The number of ether oxygens (including phenoxy) is 2. The van der Waals surface area contributed by atoms with Crippen molar-refractivity contribution in [2.45, 2.75) is 14.9 Å². The predicted octanol–water partition coefficient (Wildman–Crippen LogP) is 1.48. The van der Waals surface area contributed by atoms with E-state index in [1.54, 1.807) is 16.9 Å². The number of amides is 2. The molecule has 0 aliphatic rings. The van der Waals surface area contributed by atoms with Gasteiger partial charge in [-0.2, -0.15) is 18.4 Å². The highest BCUT2D eigenvalue weighted by atomic mass is 32.2. The van der Waals surface area contributed by atoms with Gasteiger partial charge in [0, 0.05) is 6.20 Å². The normalized spacial score (nSPS) is 11.7. The summed E-state index contributed by atoms with van der Waals surface area (Å²) in [6.45, 7) is 0. The molecule has 0 unspecified atom stereocenters. The van der Waals surface area contributed by atoms with Gasteiger partial charge in [0.1, 0.15) is 5.65 Å². The van der Waals surface area contributed by atoms with Crippen LogP contribution in [-0.4, -0.2) is 56.4 Å². The van der Waals surface area contributed by atoms with E-state index in [9.17, 15) is 21.6 Å². The average molecular weight is 519 g/mol. The second-order valence-corrected chi connectivity index (χ2v) is 10.3. The number of methoxy groups -OCH3 is 2. The van der Waals surface area contributed by atoms with Gasteiger partial charge in [0.05, 0.1) is 25.2 Å². The molecule has 35 heavy (non-hydrogen) atoms. The molecule has 1 aromatic carbocycles. The van der Waals surface area contributed by atoms with E-state index in [1.807, 2.05) is 0 Å². The number of urea groups is 1. The SMILES string of the molecule is COc1cc(OC)nc(NC(=O)NS(=O)(=O)c2c(S(=O)(=O)c3ccccc3)nc3ccccn23)n1. The molecule has 3 aromatic heterocycles. The first kappa shape index (κ1) is 23.9. The second kappa shape index (κ2) is 9.19. The number of hydrogen-bond acceptors (Lipinski definition) is 10. The van der Waals surface area contributed by atoms with Crippen molar-refractivity contribution < 1.29 is 31.1 Å². The molecule has 2 amide bonds. The van der Waals surface area contributed by atoms with Gasteiger partial charge < -0.3 is 9.47 Å². The molecule has 182 valence electrons. The fourth-order valence-electron chi connectivity index (χ4n) is 3.05. The number of nitrogens with one attached hydrogen (secondary N) is 2. The molecule has 0 spiro atoms. The standard InChI is InChI=1S/C20H18N6O7S2/c1-32-15-12-16(33-2)23-19(22-15)24-20(27)25-35(30,31)18-17(21-14-10-6-7-11-26(14)18)34(28,29)13-8-4-3-5-9-13/h3-12H,1-2H3,(H2,22,23,24,25,27). The Morgan fingerprint density at radius 2 is 1.51 bits per heavy atom. The Morgan fingerprint density at radius 3 is 2.14 bits per heavy atom. The molecule has 3 heterocycles. The minimum Gasteiger partial charge on any atom is -0.481 e. The van der Waals surface area contributed by atoms with Crippen molar-refractivity contribution in [3.8, 4) is 11.8 Å². The van der Waals surface area contributed by atoms with E-state index in [0.717, 1.165) is 4.40 Å². The minimum atomic E-state index is -4.77. The summed E-state index contributed by atoms with van der Waals surface area (Å²) in [5.41, 5.74) is 0.0451. The fourth-order valence-corrected chi connectivity index (χ4v) is 6.07. The molecule has 0 aliphatic heterocycles. The first-order chi connectivity index (χ1) is 16.7. The van der Waals surface area contributed by atoms with Crippen LogP contribution in [0.5, 0.6) is 11.8 Å². The van der Waals surface area contributed by atoms with E-state index in [0.29, 0.717) is 0 Å². The quantitative estimate of drug-likeness (QED) is 0.365. The number of sulfonamides is 1. The van der Waals surface area contributed by atoms with Crippen LogP contribution in [0.4, 0.5) is 10.7 Å². The van der Waals surface area contributed by atoms with E-state index < -0.39 is 35.9 Å². The molecule has 13 nitrogen and oxygen atoms in total. The van der Waals surface area contributed by atoms with Crippen LogP contribution in [0.1, 0.15) is 0 Å². The molecule has 2 N–H and O–H groups in total. The zero-order valence-corrected chi connectivity index (χ0v) is 19.9. The number of hydrogen-bond donors (Lipinski definition) is 2. The summed E-state index contributed by atoms with van der Waals surface area (Å²) >= 11 is 0. The van der Waals surface area contributed by atoms with Gasteiger partial charge >= 0.3 is 6.03 Å². The van der Waals surface area contributed by atoms with Crippen molar-refractivity contribution in [3.05, 3.63) is 60.8 Å². The molecular formula is C20H18N6O7S2. The van der Waals surface area contributed by atoms with Crippen molar-refractivity contribution in [2.24, 2.45) is 0 Å². The Hall–Kier alpha value is -4.24. The first-order valence-electron chi connectivity index (χ1n) is 9.74. The van der Waals surface area contributed by atoms with E-state index in [1.165, 1.54) is 62.9 Å². The predicted molar refractivity (Wildman–Crippen MR) is 122 cm³/mol. The highest BCUT2D eigenvalue weighted by Crippen LogP contribution is 2.28. The highest BCUT2D eigenvalue weighted by molar-refractivity contribution is 7.93. The number of fused-ring (bicyclic) bond motifs is 1. The van der Waals surface area contributed by atoms with E-state index in [-0.39, 0.29) is 28.3 Å². The van der Waals surface area contributed by atoms with E-state index in [2.05, 4.69) is 20.3 Å². The molecule has 4 aromatic rings. The smallest absolute Gasteiger partial charge is 0.335 e. The maximum atomic E-state index is 13.3. The summed E-state index contributed by atoms with van der Waals surface area (Å²) in [6.07, 6.45) is 1.31. The van der Waals surface area contributed by atoms with Crippen LogP contribution in [0.3, 0.4) is 0 Å². The number of pyridine rings is 1. The Balaban J connectivity index is 1.75. The lowest BCUT2D eigenvalue weighted by atomic mass is 10.4. The zero-order valence-electron chi connectivity index (χ0n) is 18.2. The third-order valence-electron chi connectivity index (χ3n) is 4.57. The van der Waals surface area contributed by atoms with E-state index in [4.69, 9.17) is 9.47 Å². The summed E-state index contributed by atoms with van der Waals surface area (Å²) in [5.74, 6) is -0.217.